The Morgan fingerprint density at radius 3 is 2.68 bits per heavy atom. The number of ether oxygens (including phenoxy) is 1. The molecule has 0 radical (unpaired) electrons. The van der Waals surface area contributed by atoms with Crippen LogP contribution >= 0.6 is 11.8 Å². The molecule has 0 aliphatic carbocycles. The summed E-state index contributed by atoms with van der Waals surface area (Å²) in [5, 5.41) is 10.9. The lowest BCUT2D eigenvalue weighted by Gasteiger charge is -2.10. The topological polar surface area (TPSA) is 77.2 Å². The number of rotatable bonds is 8. The molecule has 1 N–H and O–H groups in total. The fourth-order valence-electron chi connectivity index (χ4n) is 2.44. The Morgan fingerprint density at radius 1 is 1.14 bits per heavy atom. The van der Waals surface area contributed by atoms with E-state index in [4.69, 9.17) is 9.15 Å². The molecule has 146 valence electrons. The zero-order chi connectivity index (χ0) is 19.9. The van der Waals surface area contributed by atoms with Gasteiger partial charge in [0, 0.05) is 6.54 Å². The summed E-state index contributed by atoms with van der Waals surface area (Å²) >= 11 is 1.23. The minimum Gasteiger partial charge on any atom is -0.484 e. The highest BCUT2D eigenvalue weighted by atomic mass is 32.2. The summed E-state index contributed by atoms with van der Waals surface area (Å²) in [7, 11) is 0. The number of carbonyl (C=O) groups excluding carboxylic acids is 1. The highest BCUT2D eigenvalue weighted by Gasteiger charge is 2.18. The van der Waals surface area contributed by atoms with Crippen molar-refractivity contribution in [1.82, 2.24) is 15.5 Å². The van der Waals surface area contributed by atoms with Crippen LogP contribution in [0.2, 0.25) is 0 Å². The molecule has 0 aliphatic heterocycles. The zero-order valence-electron chi connectivity index (χ0n) is 16.1. The second-order valence-corrected chi connectivity index (χ2v) is 7.82. The van der Waals surface area contributed by atoms with E-state index in [0.717, 1.165) is 16.9 Å². The molecule has 7 heteroatoms. The molecule has 28 heavy (non-hydrogen) atoms. The Labute approximate surface area is 168 Å². The SMILES string of the molecule is Cc1ccc(CNC(=O)C(C)Sc2nnc(COc3cccc(C)c3)o2)cc1. The second-order valence-electron chi connectivity index (χ2n) is 6.53. The first kappa shape index (κ1) is 19.9. The van der Waals surface area contributed by atoms with Crippen molar-refractivity contribution in [3.63, 3.8) is 0 Å². The van der Waals surface area contributed by atoms with Gasteiger partial charge in [-0.15, -0.1) is 10.2 Å². The Kier molecular flexibility index (Phi) is 6.71. The lowest BCUT2D eigenvalue weighted by atomic mass is 10.1. The fourth-order valence-corrected chi connectivity index (χ4v) is 3.16. The molecule has 0 spiro atoms. The molecular weight excluding hydrogens is 374 g/mol. The van der Waals surface area contributed by atoms with Gasteiger partial charge in [-0.2, -0.15) is 0 Å². The van der Waals surface area contributed by atoms with Crippen molar-refractivity contribution in [2.24, 2.45) is 0 Å². The maximum absolute atomic E-state index is 12.3. The van der Waals surface area contributed by atoms with Crippen LogP contribution in [0.25, 0.3) is 0 Å². The number of benzene rings is 2. The first-order valence-corrected chi connectivity index (χ1v) is 9.89. The Morgan fingerprint density at radius 2 is 1.93 bits per heavy atom. The number of nitrogens with one attached hydrogen (secondary N) is 1. The maximum atomic E-state index is 12.3. The van der Waals surface area contributed by atoms with Crippen LogP contribution in [0.15, 0.2) is 58.2 Å². The standard InChI is InChI=1S/C21H23N3O3S/c1-14-7-9-17(10-8-14)12-22-20(25)16(3)28-21-24-23-19(27-21)13-26-18-6-4-5-15(2)11-18/h4-11,16H,12-13H2,1-3H3,(H,22,25). The van der Waals surface area contributed by atoms with Gasteiger partial charge in [-0.25, -0.2) is 0 Å². The molecule has 3 rings (SSSR count). The first-order valence-electron chi connectivity index (χ1n) is 9.01. The summed E-state index contributed by atoms with van der Waals surface area (Å²) < 4.78 is 11.2. The Bertz CT molecular complexity index is 925. The fraction of sp³-hybridized carbons (Fsp3) is 0.286. The summed E-state index contributed by atoms with van der Waals surface area (Å²) in [5.74, 6) is 1.04. The maximum Gasteiger partial charge on any atom is 0.277 e. The van der Waals surface area contributed by atoms with Crippen LogP contribution in [0.3, 0.4) is 0 Å². The molecule has 0 fully saturated rings. The summed E-state index contributed by atoms with van der Waals surface area (Å²) in [6.07, 6.45) is 0. The van der Waals surface area contributed by atoms with Gasteiger partial charge in [0.25, 0.3) is 11.1 Å². The third-order valence-corrected chi connectivity index (χ3v) is 4.97. The van der Waals surface area contributed by atoms with Gasteiger partial charge < -0.3 is 14.5 Å². The molecule has 2 aromatic carbocycles. The van der Waals surface area contributed by atoms with Crippen LogP contribution in [0.5, 0.6) is 5.75 Å². The molecule has 1 unspecified atom stereocenters. The number of amides is 1. The Balaban J connectivity index is 1.46. The van der Waals surface area contributed by atoms with Gasteiger partial charge in [-0.1, -0.05) is 53.7 Å². The molecule has 6 nitrogen and oxygen atoms in total. The van der Waals surface area contributed by atoms with Crippen molar-refractivity contribution in [2.75, 3.05) is 0 Å². The van der Waals surface area contributed by atoms with Crippen molar-refractivity contribution in [3.05, 3.63) is 71.1 Å². The predicted octanol–water partition coefficient (Wildman–Crippen LogP) is 4.06. The molecule has 0 aliphatic rings. The smallest absolute Gasteiger partial charge is 0.277 e. The number of carbonyl (C=O) groups is 1. The molecule has 3 aromatic rings. The minimum absolute atomic E-state index is 0.0821. The van der Waals surface area contributed by atoms with E-state index in [2.05, 4.69) is 15.5 Å². The van der Waals surface area contributed by atoms with Gasteiger partial charge in [0.1, 0.15) is 5.75 Å². The van der Waals surface area contributed by atoms with E-state index in [1.165, 1.54) is 17.3 Å². The lowest BCUT2D eigenvalue weighted by molar-refractivity contribution is -0.120. The monoisotopic (exact) mass is 397 g/mol. The largest absolute Gasteiger partial charge is 0.484 e. The highest BCUT2D eigenvalue weighted by molar-refractivity contribution is 8.00. The first-order chi connectivity index (χ1) is 13.5. The number of aromatic nitrogens is 2. The third kappa shape index (κ3) is 5.85. The number of hydrogen-bond donors (Lipinski definition) is 1. The van der Waals surface area contributed by atoms with E-state index in [0.29, 0.717) is 17.7 Å². The molecule has 0 saturated carbocycles. The summed E-state index contributed by atoms with van der Waals surface area (Å²) in [6.45, 7) is 6.52. The van der Waals surface area contributed by atoms with Crippen molar-refractivity contribution < 1.29 is 13.9 Å². The van der Waals surface area contributed by atoms with Crippen molar-refractivity contribution in [2.45, 2.75) is 44.4 Å². The number of hydrogen-bond acceptors (Lipinski definition) is 6. The van der Waals surface area contributed by atoms with E-state index < -0.39 is 0 Å². The van der Waals surface area contributed by atoms with E-state index in [1.807, 2.05) is 69.3 Å². The van der Waals surface area contributed by atoms with Crippen molar-refractivity contribution >= 4 is 17.7 Å². The highest BCUT2D eigenvalue weighted by Crippen LogP contribution is 2.22. The average Bonchev–Trinajstić information content (AvgIpc) is 3.13. The van der Waals surface area contributed by atoms with Crippen LogP contribution in [0.4, 0.5) is 0 Å². The van der Waals surface area contributed by atoms with Gasteiger partial charge in [0.2, 0.25) is 5.91 Å². The average molecular weight is 398 g/mol. The minimum atomic E-state index is -0.351. The van der Waals surface area contributed by atoms with Crippen LogP contribution in [-0.4, -0.2) is 21.4 Å². The quantitative estimate of drug-likeness (QED) is 0.578. The van der Waals surface area contributed by atoms with Crippen LogP contribution in [0.1, 0.15) is 29.5 Å². The lowest BCUT2D eigenvalue weighted by Crippen LogP contribution is -2.30. The molecule has 1 aromatic heterocycles. The van der Waals surface area contributed by atoms with Gasteiger partial charge in [-0.3, -0.25) is 4.79 Å². The van der Waals surface area contributed by atoms with Crippen LogP contribution in [0, 0.1) is 13.8 Å². The van der Waals surface area contributed by atoms with Crippen molar-refractivity contribution in [3.8, 4) is 5.75 Å². The van der Waals surface area contributed by atoms with E-state index in [9.17, 15) is 4.79 Å². The summed E-state index contributed by atoms with van der Waals surface area (Å²) in [4.78, 5) is 12.3. The van der Waals surface area contributed by atoms with Gasteiger partial charge in [0.15, 0.2) is 6.61 Å². The van der Waals surface area contributed by atoms with Crippen LogP contribution < -0.4 is 10.1 Å². The third-order valence-electron chi connectivity index (χ3n) is 4.03. The van der Waals surface area contributed by atoms with E-state index >= 15 is 0 Å². The Hall–Kier alpha value is -2.80. The number of nitrogens with zero attached hydrogens (tertiary/aromatic N) is 2. The molecule has 0 saturated heterocycles. The van der Waals surface area contributed by atoms with E-state index in [1.54, 1.807) is 0 Å². The zero-order valence-corrected chi connectivity index (χ0v) is 17.0. The molecular formula is C21H23N3O3S. The van der Waals surface area contributed by atoms with Crippen molar-refractivity contribution in [1.29, 1.82) is 0 Å². The van der Waals surface area contributed by atoms with Crippen LogP contribution in [-0.2, 0) is 17.9 Å². The van der Waals surface area contributed by atoms with E-state index in [-0.39, 0.29) is 17.8 Å². The second kappa shape index (κ2) is 9.41. The molecule has 1 heterocycles. The summed E-state index contributed by atoms with van der Waals surface area (Å²) in [5.41, 5.74) is 3.37. The molecule has 0 bridgehead atoms. The molecule has 1 atom stereocenters. The molecule has 1 amide bonds. The number of aryl methyl sites for hydroxylation is 2. The normalized spacial score (nSPS) is 11.8. The van der Waals surface area contributed by atoms with Gasteiger partial charge in [0.05, 0.1) is 5.25 Å². The number of thioether (sulfide) groups is 1. The van der Waals surface area contributed by atoms with Gasteiger partial charge >= 0.3 is 0 Å². The van der Waals surface area contributed by atoms with Gasteiger partial charge in [-0.05, 0) is 44.0 Å². The summed E-state index contributed by atoms with van der Waals surface area (Å²) in [6, 6.07) is 15.8. The predicted molar refractivity (Wildman–Crippen MR) is 108 cm³/mol.